The predicted octanol–water partition coefficient (Wildman–Crippen LogP) is 2.35. The summed E-state index contributed by atoms with van der Waals surface area (Å²) < 4.78 is 0. The van der Waals surface area contributed by atoms with Crippen molar-refractivity contribution in [3.63, 3.8) is 0 Å². The topological polar surface area (TPSA) is 95.7 Å². The number of hydrogen-bond donors (Lipinski definition) is 3. The van der Waals surface area contributed by atoms with E-state index in [1.165, 1.54) is 10.5 Å². The van der Waals surface area contributed by atoms with Gasteiger partial charge in [-0.2, -0.15) is 0 Å². The van der Waals surface area contributed by atoms with Crippen molar-refractivity contribution in [1.29, 1.82) is 0 Å². The molecule has 1 heterocycles. The number of amides is 2. The number of rotatable bonds is 5. The van der Waals surface area contributed by atoms with Crippen LogP contribution in [0.15, 0.2) is 48.5 Å². The Bertz CT molecular complexity index is 802. The summed E-state index contributed by atoms with van der Waals surface area (Å²) in [6.45, 7) is 2.55. The minimum atomic E-state index is -0.853. The van der Waals surface area contributed by atoms with E-state index in [0.29, 0.717) is 18.5 Å². The highest BCUT2D eigenvalue weighted by atomic mass is 16.5. The summed E-state index contributed by atoms with van der Waals surface area (Å²) in [7, 11) is 0. The van der Waals surface area contributed by atoms with E-state index in [1.54, 1.807) is 17.6 Å². The van der Waals surface area contributed by atoms with Crippen LogP contribution < -0.4 is 11.2 Å². The van der Waals surface area contributed by atoms with Gasteiger partial charge in [0.1, 0.15) is 6.04 Å². The van der Waals surface area contributed by atoms with Gasteiger partial charge in [-0.05, 0) is 41.7 Å². The normalized spacial score (nSPS) is 19.1. The molecule has 0 aliphatic carbocycles. The van der Waals surface area contributed by atoms with Gasteiger partial charge < -0.3 is 10.6 Å². The molecular weight excluding hydrogens is 342 g/mol. The second-order valence-electron chi connectivity index (χ2n) is 6.90. The molecule has 1 aliphatic heterocycles. The van der Waals surface area contributed by atoms with Crippen LogP contribution in [0.3, 0.4) is 0 Å². The number of nitrogens with zero attached hydrogens (tertiary/aromatic N) is 1. The summed E-state index contributed by atoms with van der Waals surface area (Å²) in [5, 5.41) is 8.91. The van der Waals surface area contributed by atoms with E-state index in [0.717, 1.165) is 24.0 Å². The first-order valence-corrected chi connectivity index (χ1v) is 9.25. The van der Waals surface area contributed by atoms with Crippen molar-refractivity contribution in [2.45, 2.75) is 38.3 Å². The smallest absolute Gasteiger partial charge is 0.267 e. The van der Waals surface area contributed by atoms with Crippen LogP contribution in [-0.4, -0.2) is 40.5 Å². The first-order chi connectivity index (χ1) is 13.0. The highest BCUT2D eigenvalue weighted by Gasteiger charge is 2.40. The Hall–Kier alpha value is -2.70. The zero-order valence-corrected chi connectivity index (χ0v) is 15.4. The van der Waals surface area contributed by atoms with E-state index in [4.69, 9.17) is 10.9 Å². The average molecular weight is 367 g/mol. The van der Waals surface area contributed by atoms with Crippen molar-refractivity contribution >= 4 is 11.8 Å². The van der Waals surface area contributed by atoms with E-state index < -0.39 is 18.0 Å². The maximum absolute atomic E-state index is 12.8. The van der Waals surface area contributed by atoms with E-state index >= 15 is 0 Å². The SMILES string of the molecule is CCCc1ccc(-c2ccc(C(=O)N3CC[C@H](N)[C@H]3C(=O)NO)cc2)cc1. The lowest BCUT2D eigenvalue weighted by Crippen LogP contribution is -2.51. The third-order valence-electron chi connectivity index (χ3n) is 5.04. The Morgan fingerprint density at radius 3 is 2.26 bits per heavy atom. The van der Waals surface area contributed by atoms with Gasteiger partial charge in [0.2, 0.25) is 0 Å². The molecule has 1 saturated heterocycles. The molecule has 2 atom stereocenters. The molecule has 0 radical (unpaired) electrons. The Balaban J connectivity index is 1.76. The van der Waals surface area contributed by atoms with E-state index in [2.05, 4.69) is 31.2 Å². The summed E-state index contributed by atoms with van der Waals surface area (Å²) in [5.74, 6) is -0.918. The quantitative estimate of drug-likeness (QED) is 0.558. The molecule has 6 nitrogen and oxygen atoms in total. The van der Waals surface area contributed by atoms with Crippen LogP contribution in [0, 0.1) is 0 Å². The fraction of sp³-hybridized carbons (Fsp3) is 0.333. The first kappa shape index (κ1) is 19.1. The van der Waals surface area contributed by atoms with Gasteiger partial charge in [0.25, 0.3) is 11.8 Å². The molecule has 4 N–H and O–H groups in total. The molecule has 2 aromatic rings. The highest BCUT2D eigenvalue weighted by Crippen LogP contribution is 2.23. The van der Waals surface area contributed by atoms with Crippen LogP contribution in [-0.2, 0) is 11.2 Å². The van der Waals surface area contributed by atoms with Crippen LogP contribution in [0.4, 0.5) is 0 Å². The Kier molecular flexibility index (Phi) is 5.88. The lowest BCUT2D eigenvalue weighted by Gasteiger charge is -2.25. The lowest BCUT2D eigenvalue weighted by atomic mass is 10.0. The zero-order valence-electron chi connectivity index (χ0n) is 15.4. The molecule has 0 bridgehead atoms. The van der Waals surface area contributed by atoms with Gasteiger partial charge in [-0.15, -0.1) is 0 Å². The Labute approximate surface area is 158 Å². The summed E-state index contributed by atoms with van der Waals surface area (Å²) in [6.07, 6.45) is 2.70. The molecule has 0 aromatic heterocycles. The molecule has 6 heteroatoms. The lowest BCUT2D eigenvalue weighted by molar-refractivity contribution is -0.133. The molecule has 1 fully saturated rings. The third-order valence-corrected chi connectivity index (χ3v) is 5.04. The number of nitrogens with two attached hydrogens (primary N) is 1. The first-order valence-electron chi connectivity index (χ1n) is 9.25. The van der Waals surface area contributed by atoms with Gasteiger partial charge in [0, 0.05) is 18.2 Å². The molecule has 1 aliphatic rings. The van der Waals surface area contributed by atoms with Gasteiger partial charge in [-0.3, -0.25) is 14.8 Å². The van der Waals surface area contributed by atoms with Gasteiger partial charge in [-0.25, -0.2) is 5.48 Å². The fourth-order valence-corrected chi connectivity index (χ4v) is 3.57. The van der Waals surface area contributed by atoms with Crippen LogP contribution in [0.25, 0.3) is 11.1 Å². The second kappa shape index (κ2) is 8.33. The molecule has 2 amide bonds. The number of benzene rings is 2. The third kappa shape index (κ3) is 4.02. The molecule has 2 aromatic carbocycles. The van der Waals surface area contributed by atoms with Crippen molar-refractivity contribution in [1.82, 2.24) is 10.4 Å². The summed E-state index contributed by atoms with van der Waals surface area (Å²) in [4.78, 5) is 26.1. The number of hydrogen-bond acceptors (Lipinski definition) is 4. The number of hydroxylamine groups is 1. The maximum Gasteiger partial charge on any atom is 0.267 e. The van der Waals surface area contributed by atoms with Gasteiger partial charge in [0.05, 0.1) is 0 Å². The highest BCUT2D eigenvalue weighted by molar-refractivity contribution is 5.98. The van der Waals surface area contributed by atoms with Crippen molar-refractivity contribution in [2.24, 2.45) is 5.73 Å². The number of aryl methyl sites for hydroxylation is 1. The summed E-state index contributed by atoms with van der Waals surface area (Å²) in [6, 6.07) is 14.4. The number of carbonyl (C=O) groups is 2. The van der Waals surface area contributed by atoms with Crippen LogP contribution in [0.1, 0.15) is 35.7 Å². The molecule has 27 heavy (non-hydrogen) atoms. The molecule has 0 saturated carbocycles. The Morgan fingerprint density at radius 1 is 1.11 bits per heavy atom. The molecule has 3 rings (SSSR count). The largest absolute Gasteiger partial charge is 0.325 e. The predicted molar refractivity (Wildman–Crippen MR) is 103 cm³/mol. The van der Waals surface area contributed by atoms with E-state index in [-0.39, 0.29) is 5.91 Å². The zero-order chi connectivity index (χ0) is 19.4. The second-order valence-corrected chi connectivity index (χ2v) is 6.90. The minimum absolute atomic E-state index is 0.263. The van der Waals surface area contributed by atoms with Crippen LogP contribution in [0.2, 0.25) is 0 Å². The minimum Gasteiger partial charge on any atom is -0.325 e. The average Bonchev–Trinajstić information content (AvgIpc) is 3.09. The fourth-order valence-electron chi connectivity index (χ4n) is 3.57. The van der Waals surface area contributed by atoms with Crippen LogP contribution in [0.5, 0.6) is 0 Å². The molecule has 0 spiro atoms. The molecule has 0 unspecified atom stereocenters. The number of carbonyl (C=O) groups excluding carboxylic acids is 2. The van der Waals surface area contributed by atoms with E-state index in [1.807, 2.05) is 12.1 Å². The van der Waals surface area contributed by atoms with Crippen molar-refractivity contribution < 1.29 is 14.8 Å². The van der Waals surface area contributed by atoms with Gasteiger partial charge >= 0.3 is 0 Å². The van der Waals surface area contributed by atoms with E-state index in [9.17, 15) is 9.59 Å². The maximum atomic E-state index is 12.8. The molecular formula is C21H25N3O3. The number of nitrogens with one attached hydrogen (secondary N) is 1. The number of likely N-dealkylation sites (tertiary alicyclic amines) is 1. The van der Waals surface area contributed by atoms with Gasteiger partial charge in [-0.1, -0.05) is 49.7 Å². The Morgan fingerprint density at radius 2 is 1.70 bits per heavy atom. The van der Waals surface area contributed by atoms with Gasteiger partial charge in [0.15, 0.2) is 0 Å². The standard InChI is InChI=1S/C21H25N3O3/c1-2-3-14-4-6-15(7-5-14)16-8-10-17(11-9-16)21(26)24-13-12-18(22)19(24)20(25)23-27/h4-11,18-19,27H,2-3,12-13,22H2,1H3,(H,23,25)/t18-,19-/m0/s1. The summed E-state index contributed by atoms with van der Waals surface area (Å²) >= 11 is 0. The molecule has 142 valence electrons. The van der Waals surface area contributed by atoms with Crippen molar-refractivity contribution in [3.8, 4) is 11.1 Å². The summed E-state index contributed by atoms with van der Waals surface area (Å²) in [5.41, 5.74) is 11.5. The monoisotopic (exact) mass is 367 g/mol. The van der Waals surface area contributed by atoms with Crippen LogP contribution >= 0.6 is 0 Å². The van der Waals surface area contributed by atoms with Crippen molar-refractivity contribution in [2.75, 3.05) is 6.54 Å². The van der Waals surface area contributed by atoms with Crippen molar-refractivity contribution in [3.05, 3.63) is 59.7 Å².